The normalized spacial score (nSPS) is 12.1. The molecule has 1 unspecified atom stereocenters. The highest BCUT2D eigenvalue weighted by molar-refractivity contribution is 14.0. The highest BCUT2D eigenvalue weighted by Gasteiger charge is 2.14. The average Bonchev–Trinajstić information content (AvgIpc) is 2.95. The van der Waals surface area contributed by atoms with E-state index in [1.54, 1.807) is 30.8 Å². The lowest BCUT2D eigenvalue weighted by Gasteiger charge is -2.19. The molecule has 7 nitrogen and oxygen atoms in total. The Hall–Kier alpha value is -1.75. The Morgan fingerprint density at radius 3 is 2.52 bits per heavy atom. The van der Waals surface area contributed by atoms with Crippen molar-refractivity contribution in [2.75, 3.05) is 32.9 Å². The molecule has 2 N–H and O–H groups in total. The number of guanidine groups is 1. The summed E-state index contributed by atoms with van der Waals surface area (Å²) in [6, 6.07) is 10.5. The molecule has 1 atom stereocenters. The number of carbonyl (C=O) groups is 1. The van der Waals surface area contributed by atoms with Gasteiger partial charge >= 0.3 is 0 Å². The molecule has 1 heterocycles. The van der Waals surface area contributed by atoms with Crippen molar-refractivity contribution in [2.45, 2.75) is 38.1 Å². The highest BCUT2D eigenvalue weighted by Crippen LogP contribution is 2.16. The van der Waals surface area contributed by atoms with E-state index >= 15 is 0 Å². The number of hydrogen-bond donors (Lipinski definition) is 2. The number of rotatable bonds is 9. The first-order chi connectivity index (χ1) is 14.3. The first-order valence-electron chi connectivity index (χ1n) is 10.2. The van der Waals surface area contributed by atoms with Gasteiger partial charge in [0.25, 0.3) is 0 Å². The number of amides is 1. The van der Waals surface area contributed by atoms with Crippen LogP contribution in [-0.2, 0) is 18.3 Å². The van der Waals surface area contributed by atoms with Crippen LogP contribution < -0.4 is 10.6 Å². The second-order valence-corrected chi connectivity index (χ2v) is 8.73. The van der Waals surface area contributed by atoms with Crippen molar-refractivity contribution in [1.82, 2.24) is 25.3 Å². The monoisotopic (exact) mass is 558 g/mol. The van der Waals surface area contributed by atoms with Crippen molar-refractivity contribution in [2.24, 2.45) is 12.0 Å². The Labute approximate surface area is 207 Å². The van der Waals surface area contributed by atoms with Gasteiger partial charge in [-0.2, -0.15) is 5.10 Å². The second-order valence-electron chi connectivity index (χ2n) is 7.56. The van der Waals surface area contributed by atoms with Gasteiger partial charge in [-0.1, -0.05) is 18.2 Å². The fourth-order valence-electron chi connectivity index (χ4n) is 3.00. The fraction of sp³-hybridized carbons (Fsp3) is 0.500. The van der Waals surface area contributed by atoms with Crippen LogP contribution in [0.4, 0.5) is 0 Å². The van der Waals surface area contributed by atoms with Crippen LogP contribution in [0.15, 0.2) is 40.2 Å². The fourth-order valence-corrected chi connectivity index (χ4v) is 3.79. The zero-order valence-corrected chi connectivity index (χ0v) is 22.5. The van der Waals surface area contributed by atoms with Crippen molar-refractivity contribution in [3.8, 4) is 0 Å². The predicted octanol–water partition coefficient (Wildman–Crippen LogP) is 3.00. The summed E-state index contributed by atoms with van der Waals surface area (Å²) in [5, 5.41) is 11.3. The molecule has 2 rings (SSSR count). The molecule has 2 aromatic rings. The maximum absolute atomic E-state index is 12.0. The molecule has 0 radical (unpaired) electrons. The maximum atomic E-state index is 12.0. The molecule has 1 aromatic carbocycles. The van der Waals surface area contributed by atoms with Gasteiger partial charge in [-0.3, -0.25) is 9.48 Å². The number of carbonyl (C=O) groups excluding carboxylic acids is 1. The highest BCUT2D eigenvalue weighted by atomic mass is 127. The minimum Gasteiger partial charge on any atom is -0.356 e. The first kappa shape index (κ1) is 27.3. The van der Waals surface area contributed by atoms with Gasteiger partial charge in [-0.05, 0) is 44.9 Å². The third-order valence-electron chi connectivity index (χ3n) is 4.83. The Kier molecular flexibility index (Phi) is 12.0. The summed E-state index contributed by atoms with van der Waals surface area (Å²) in [6.07, 6.45) is 0.840. The topological polar surface area (TPSA) is 74.5 Å². The van der Waals surface area contributed by atoms with Crippen molar-refractivity contribution >= 4 is 47.6 Å². The molecule has 0 aliphatic rings. The lowest BCUT2D eigenvalue weighted by atomic mass is 10.1. The lowest BCUT2D eigenvalue weighted by molar-refractivity contribution is -0.127. The number of nitrogens with one attached hydrogen (secondary N) is 2. The Morgan fingerprint density at radius 2 is 1.94 bits per heavy atom. The molecule has 1 amide bonds. The van der Waals surface area contributed by atoms with Gasteiger partial charge in [-0.15, -0.1) is 35.7 Å². The van der Waals surface area contributed by atoms with Gasteiger partial charge in [0.15, 0.2) is 5.96 Å². The van der Waals surface area contributed by atoms with Crippen LogP contribution >= 0.6 is 35.7 Å². The van der Waals surface area contributed by atoms with Gasteiger partial charge in [0.2, 0.25) is 5.91 Å². The van der Waals surface area contributed by atoms with E-state index in [1.165, 1.54) is 16.2 Å². The molecule has 0 saturated heterocycles. The van der Waals surface area contributed by atoms with Crippen molar-refractivity contribution in [3.63, 3.8) is 0 Å². The quantitative estimate of drug-likeness (QED) is 0.163. The molecular formula is C22H35IN6OS. The Balaban J connectivity index is 0.00000480. The van der Waals surface area contributed by atoms with Crippen LogP contribution in [0.5, 0.6) is 0 Å². The number of nitrogens with zero attached hydrogens (tertiary/aromatic N) is 4. The summed E-state index contributed by atoms with van der Waals surface area (Å²) in [5.41, 5.74) is 3.48. The zero-order valence-electron chi connectivity index (χ0n) is 19.3. The molecule has 0 aliphatic heterocycles. The van der Waals surface area contributed by atoms with Crippen LogP contribution in [0.25, 0.3) is 0 Å². The van der Waals surface area contributed by atoms with Crippen LogP contribution in [-0.4, -0.2) is 65.5 Å². The summed E-state index contributed by atoms with van der Waals surface area (Å²) < 4.78 is 1.92. The van der Waals surface area contributed by atoms with Crippen molar-refractivity contribution < 1.29 is 4.79 Å². The molecule has 9 heteroatoms. The van der Waals surface area contributed by atoms with Gasteiger partial charge in [0, 0.05) is 50.1 Å². The van der Waals surface area contributed by atoms with Crippen molar-refractivity contribution in [1.29, 1.82) is 0 Å². The number of aliphatic imine (C=N–C) groups is 1. The van der Waals surface area contributed by atoms with E-state index in [0.29, 0.717) is 5.96 Å². The largest absolute Gasteiger partial charge is 0.356 e. The van der Waals surface area contributed by atoms with Gasteiger partial charge < -0.3 is 15.5 Å². The molecule has 31 heavy (non-hydrogen) atoms. The summed E-state index contributed by atoms with van der Waals surface area (Å²) in [6.45, 7) is 7.12. The van der Waals surface area contributed by atoms with Crippen LogP contribution in [0.2, 0.25) is 0 Å². The summed E-state index contributed by atoms with van der Waals surface area (Å²) in [4.78, 5) is 19.3. The van der Waals surface area contributed by atoms with E-state index in [9.17, 15) is 4.79 Å². The molecular weight excluding hydrogens is 523 g/mol. The van der Waals surface area contributed by atoms with Crippen molar-refractivity contribution in [3.05, 3.63) is 47.3 Å². The SMILES string of the molecule is Cc1nn(C)c(C)c1CC(C)NC(=NCC(=O)N(C)C)NCCSc1ccccc1.I. The number of thioether (sulfide) groups is 1. The van der Waals surface area contributed by atoms with E-state index in [2.05, 4.69) is 46.7 Å². The molecule has 0 fully saturated rings. The average molecular weight is 559 g/mol. The van der Waals surface area contributed by atoms with E-state index in [4.69, 9.17) is 0 Å². The van der Waals surface area contributed by atoms with E-state index in [-0.39, 0.29) is 42.5 Å². The van der Waals surface area contributed by atoms with Gasteiger partial charge in [-0.25, -0.2) is 4.99 Å². The van der Waals surface area contributed by atoms with Crippen LogP contribution in [0, 0.1) is 13.8 Å². The zero-order chi connectivity index (χ0) is 22.1. The number of likely N-dealkylation sites (N-methyl/N-ethyl adjacent to an activating group) is 1. The number of aryl methyl sites for hydroxylation is 2. The van der Waals surface area contributed by atoms with Crippen LogP contribution in [0.1, 0.15) is 23.9 Å². The maximum Gasteiger partial charge on any atom is 0.243 e. The lowest BCUT2D eigenvalue weighted by Crippen LogP contribution is -2.44. The standard InChI is InChI=1S/C22H34N6OS.HI/c1-16(14-20-17(2)26-28(6)18(20)3)25-22(24-15-21(29)27(4)5)23-12-13-30-19-10-8-7-9-11-19;/h7-11,16H,12-15H2,1-6H3,(H2,23,24,25);1H. The predicted molar refractivity (Wildman–Crippen MR) is 141 cm³/mol. The van der Waals surface area contributed by atoms with E-state index in [1.807, 2.05) is 36.9 Å². The molecule has 172 valence electrons. The molecule has 1 aromatic heterocycles. The Morgan fingerprint density at radius 1 is 1.26 bits per heavy atom. The van der Waals surface area contributed by atoms with Crippen LogP contribution in [0.3, 0.4) is 0 Å². The molecule has 0 bridgehead atoms. The summed E-state index contributed by atoms with van der Waals surface area (Å²) in [7, 11) is 5.45. The smallest absolute Gasteiger partial charge is 0.243 e. The summed E-state index contributed by atoms with van der Waals surface area (Å²) in [5.74, 6) is 1.54. The Bertz CT molecular complexity index is 853. The number of benzene rings is 1. The molecule has 0 saturated carbocycles. The van der Waals surface area contributed by atoms with E-state index < -0.39 is 0 Å². The van der Waals surface area contributed by atoms with Gasteiger partial charge in [0.05, 0.1) is 5.69 Å². The number of aromatic nitrogens is 2. The molecule has 0 spiro atoms. The third kappa shape index (κ3) is 9.10. The first-order valence-corrected chi connectivity index (χ1v) is 11.2. The minimum atomic E-state index is -0.0265. The second kappa shape index (κ2) is 13.6. The minimum absolute atomic E-state index is 0. The number of halogens is 1. The number of hydrogen-bond acceptors (Lipinski definition) is 4. The third-order valence-corrected chi connectivity index (χ3v) is 5.84. The molecule has 0 aliphatic carbocycles. The van der Waals surface area contributed by atoms with Gasteiger partial charge in [0.1, 0.15) is 6.54 Å². The van der Waals surface area contributed by atoms with E-state index in [0.717, 1.165) is 24.4 Å². The summed E-state index contributed by atoms with van der Waals surface area (Å²) >= 11 is 1.79.